The molecule has 9 nitrogen and oxygen atoms in total. The van der Waals surface area contributed by atoms with E-state index in [1.807, 2.05) is 6.92 Å². The normalized spacial score (nSPS) is 10.8. The number of aromatic amines is 1. The van der Waals surface area contributed by atoms with Crippen LogP contribution < -0.4 is 20.7 Å². The van der Waals surface area contributed by atoms with Gasteiger partial charge in [-0.25, -0.2) is 9.78 Å². The van der Waals surface area contributed by atoms with Gasteiger partial charge in [0.15, 0.2) is 28.5 Å². The molecule has 3 rings (SSSR count). The fraction of sp³-hybridized carbons (Fsp3) is 0.267. The lowest BCUT2D eigenvalue weighted by molar-refractivity contribution is 0.311. The molecule has 3 aromatic rings. The van der Waals surface area contributed by atoms with Crippen LogP contribution in [0, 0.1) is 0 Å². The number of hydrogen-bond donors (Lipinski definition) is 1. The van der Waals surface area contributed by atoms with Gasteiger partial charge in [-0.2, -0.15) is 0 Å². The molecule has 0 spiro atoms. The molecule has 2 aromatic heterocycles. The van der Waals surface area contributed by atoms with Gasteiger partial charge in [0.1, 0.15) is 0 Å². The molecular weight excluding hydrogens is 314 g/mol. The quantitative estimate of drug-likeness (QED) is 0.741. The van der Waals surface area contributed by atoms with Gasteiger partial charge >= 0.3 is 5.69 Å². The van der Waals surface area contributed by atoms with Crippen LogP contribution in [0.25, 0.3) is 22.6 Å². The van der Waals surface area contributed by atoms with E-state index in [1.54, 1.807) is 18.2 Å². The van der Waals surface area contributed by atoms with Gasteiger partial charge in [0.25, 0.3) is 5.56 Å². The molecule has 1 N–H and O–H groups in total. The minimum Gasteiger partial charge on any atom is -0.493 e. The molecule has 0 atom stereocenters. The van der Waals surface area contributed by atoms with E-state index in [4.69, 9.17) is 9.47 Å². The van der Waals surface area contributed by atoms with E-state index in [0.717, 1.165) is 4.57 Å². The summed E-state index contributed by atoms with van der Waals surface area (Å²) in [4.78, 5) is 30.4. The first-order chi connectivity index (χ1) is 11.5. The molecule has 0 bridgehead atoms. The number of nitrogens with one attached hydrogen (secondary N) is 1. The molecule has 9 heteroatoms. The molecule has 0 saturated carbocycles. The maximum atomic E-state index is 12.2. The van der Waals surface area contributed by atoms with Crippen LogP contribution in [0.5, 0.6) is 11.5 Å². The van der Waals surface area contributed by atoms with E-state index in [1.165, 1.54) is 14.2 Å². The van der Waals surface area contributed by atoms with Crippen molar-refractivity contribution >= 4 is 11.2 Å². The van der Waals surface area contributed by atoms with Crippen molar-refractivity contribution in [3.05, 3.63) is 39.0 Å². The van der Waals surface area contributed by atoms with Crippen molar-refractivity contribution in [1.82, 2.24) is 24.7 Å². The number of ether oxygens (including phenoxy) is 2. The third-order valence-electron chi connectivity index (χ3n) is 3.45. The third kappa shape index (κ3) is 2.60. The van der Waals surface area contributed by atoms with Gasteiger partial charge in [0.05, 0.1) is 13.7 Å². The average molecular weight is 329 g/mol. The van der Waals surface area contributed by atoms with Crippen molar-refractivity contribution in [2.45, 2.75) is 6.92 Å². The second-order valence-electron chi connectivity index (χ2n) is 4.93. The monoisotopic (exact) mass is 329 g/mol. The van der Waals surface area contributed by atoms with Gasteiger partial charge in [0, 0.05) is 12.6 Å². The topological polar surface area (TPSA) is 112 Å². The molecule has 0 saturated heterocycles. The molecule has 0 unspecified atom stereocenters. The van der Waals surface area contributed by atoms with Gasteiger partial charge < -0.3 is 9.47 Å². The van der Waals surface area contributed by atoms with Crippen molar-refractivity contribution in [2.24, 2.45) is 7.05 Å². The van der Waals surface area contributed by atoms with Gasteiger partial charge in [-0.3, -0.25) is 14.3 Å². The van der Waals surface area contributed by atoms with E-state index in [-0.39, 0.29) is 17.0 Å². The van der Waals surface area contributed by atoms with E-state index in [9.17, 15) is 9.59 Å². The van der Waals surface area contributed by atoms with Crippen molar-refractivity contribution in [1.29, 1.82) is 0 Å². The smallest absolute Gasteiger partial charge is 0.329 e. The molecule has 0 fully saturated rings. The SMILES string of the molecule is CCOc1ccc(-c2nnc3[nH]c(=O)n(C)c(=O)c3n2)cc1OC. The molecule has 0 aliphatic carbocycles. The molecule has 1 aromatic carbocycles. The highest BCUT2D eigenvalue weighted by molar-refractivity contribution is 5.71. The Morgan fingerprint density at radius 1 is 1.21 bits per heavy atom. The number of aromatic nitrogens is 5. The average Bonchev–Trinajstić information content (AvgIpc) is 2.60. The van der Waals surface area contributed by atoms with Crippen molar-refractivity contribution < 1.29 is 9.47 Å². The molecule has 2 heterocycles. The number of fused-ring (bicyclic) bond motifs is 1. The fourth-order valence-electron chi connectivity index (χ4n) is 2.20. The Kier molecular flexibility index (Phi) is 3.98. The summed E-state index contributed by atoms with van der Waals surface area (Å²) < 4.78 is 11.7. The van der Waals surface area contributed by atoms with Gasteiger partial charge in [-0.1, -0.05) is 0 Å². The van der Waals surface area contributed by atoms with Crippen LogP contribution in [0.4, 0.5) is 0 Å². The number of methoxy groups -OCH3 is 1. The molecule has 24 heavy (non-hydrogen) atoms. The number of hydrogen-bond acceptors (Lipinski definition) is 7. The highest BCUT2D eigenvalue weighted by Gasteiger charge is 2.13. The Labute approximate surface area is 135 Å². The Morgan fingerprint density at radius 3 is 2.71 bits per heavy atom. The second-order valence-corrected chi connectivity index (χ2v) is 4.93. The zero-order chi connectivity index (χ0) is 17.3. The lowest BCUT2D eigenvalue weighted by Crippen LogP contribution is -2.33. The van der Waals surface area contributed by atoms with Crippen LogP contribution in [0.1, 0.15) is 6.92 Å². The highest BCUT2D eigenvalue weighted by Crippen LogP contribution is 2.31. The lowest BCUT2D eigenvalue weighted by Gasteiger charge is -2.10. The molecular formula is C15H15N5O4. The highest BCUT2D eigenvalue weighted by atomic mass is 16.5. The Balaban J connectivity index is 2.16. The van der Waals surface area contributed by atoms with Crippen molar-refractivity contribution in [3.8, 4) is 22.9 Å². The fourth-order valence-corrected chi connectivity index (χ4v) is 2.20. The predicted octanol–water partition coefficient (Wildman–Crippen LogP) is 0.486. The summed E-state index contributed by atoms with van der Waals surface area (Å²) in [6.45, 7) is 2.38. The van der Waals surface area contributed by atoms with Crippen LogP contribution in [-0.2, 0) is 7.05 Å². The van der Waals surface area contributed by atoms with E-state index in [2.05, 4.69) is 20.2 Å². The van der Waals surface area contributed by atoms with Gasteiger partial charge in [-0.05, 0) is 25.1 Å². The summed E-state index contributed by atoms with van der Waals surface area (Å²) in [5, 5.41) is 7.85. The summed E-state index contributed by atoms with van der Waals surface area (Å²) in [5.41, 5.74) is -0.417. The maximum Gasteiger partial charge on any atom is 0.329 e. The van der Waals surface area contributed by atoms with Crippen molar-refractivity contribution in [2.75, 3.05) is 13.7 Å². The molecule has 124 valence electrons. The lowest BCUT2D eigenvalue weighted by atomic mass is 10.2. The van der Waals surface area contributed by atoms with Crippen LogP contribution in [0.2, 0.25) is 0 Å². The zero-order valence-corrected chi connectivity index (χ0v) is 13.4. The Hall–Kier alpha value is -3.23. The first-order valence-corrected chi connectivity index (χ1v) is 7.20. The number of nitrogens with zero attached hydrogens (tertiary/aromatic N) is 4. The summed E-state index contributed by atoms with van der Waals surface area (Å²) in [5.74, 6) is 1.36. The van der Waals surface area contributed by atoms with Crippen molar-refractivity contribution in [3.63, 3.8) is 0 Å². The van der Waals surface area contributed by atoms with Crippen LogP contribution in [0.3, 0.4) is 0 Å². The van der Waals surface area contributed by atoms with Crippen LogP contribution >= 0.6 is 0 Å². The van der Waals surface area contributed by atoms with E-state index in [0.29, 0.717) is 23.7 Å². The Morgan fingerprint density at radius 2 is 2.00 bits per heavy atom. The molecule has 0 aliphatic heterocycles. The van der Waals surface area contributed by atoms with Gasteiger partial charge in [0.2, 0.25) is 0 Å². The summed E-state index contributed by atoms with van der Waals surface area (Å²) in [6, 6.07) is 5.17. The van der Waals surface area contributed by atoms with E-state index < -0.39 is 11.2 Å². The Bertz CT molecular complexity index is 1020. The first kappa shape index (κ1) is 15.7. The standard InChI is InChI=1S/C15H15N5O4/c1-4-24-9-6-5-8(7-10(9)23-3)12-16-11-13(19-18-12)17-15(22)20(2)14(11)21/h5-7H,4H2,1-3H3,(H,17,19,22). The number of H-pyrrole nitrogens is 1. The molecule has 0 radical (unpaired) electrons. The van der Waals surface area contributed by atoms with E-state index >= 15 is 0 Å². The zero-order valence-electron chi connectivity index (χ0n) is 13.4. The predicted molar refractivity (Wildman–Crippen MR) is 86.4 cm³/mol. The minimum absolute atomic E-state index is 0.0370. The third-order valence-corrected chi connectivity index (χ3v) is 3.45. The van der Waals surface area contributed by atoms with Crippen LogP contribution in [-0.4, -0.2) is 38.4 Å². The van der Waals surface area contributed by atoms with Crippen LogP contribution in [0.15, 0.2) is 27.8 Å². The molecule has 0 aliphatic rings. The minimum atomic E-state index is -0.570. The number of benzene rings is 1. The maximum absolute atomic E-state index is 12.2. The molecule has 0 amide bonds. The number of rotatable bonds is 4. The summed E-state index contributed by atoms with van der Waals surface area (Å²) in [6.07, 6.45) is 0. The second kappa shape index (κ2) is 6.11. The summed E-state index contributed by atoms with van der Waals surface area (Å²) in [7, 11) is 2.89. The van der Waals surface area contributed by atoms with Gasteiger partial charge in [-0.15, -0.1) is 10.2 Å². The summed E-state index contributed by atoms with van der Waals surface area (Å²) >= 11 is 0. The first-order valence-electron chi connectivity index (χ1n) is 7.20. The largest absolute Gasteiger partial charge is 0.493 e.